The Morgan fingerprint density at radius 1 is 1.35 bits per heavy atom. The van der Waals surface area contributed by atoms with Gasteiger partial charge in [0.1, 0.15) is 13.2 Å². The van der Waals surface area contributed by atoms with Gasteiger partial charge < -0.3 is 20.5 Å². The maximum Gasteiger partial charge on any atom is 0.244 e. The van der Waals surface area contributed by atoms with Crippen LogP contribution in [0.4, 0.5) is 0 Å². The number of hydrogen-bond donors (Lipinski definition) is 2. The van der Waals surface area contributed by atoms with Crippen LogP contribution in [-0.4, -0.2) is 31.6 Å². The van der Waals surface area contributed by atoms with E-state index in [0.717, 1.165) is 0 Å². The summed E-state index contributed by atoms with van der Waals surface area (Å²) in [6.45, 7) is 0.706. The van der Waals surface area contributed by atoms with Crippen LogP contribution in [0.5, 0.6) is 11.5 Å². The van der Waals surface area contributed by atoms with Crippen LogP contribution in [0.3, 0.4) is 0 Å². The molecule has 1 aliphatic rings. The molecular formula is C13H13ClN2O4. The molecule has 1 aromatic carbocycles. The Labute approximate surface area is 120 Å². The number of rotatable bonds is 4. The van der Waals surface area contributed by atoms with Gasteiger partial charge in [0.25, 0.3) is 0 Å². The molecule has 7 heteroatoms. The molecule has 20 heavy (non-hydrogen) atoms. The molecule has 0 bridgehead atoms. The molecule has 0 atom stereocenters. The van der Waals surface area contributed by atoms with Crippen molar-refractivity contribution in [1.29, 1.82) is 0 Å². The minimum absolute atomic E-state index is 0.203. The number of primary amides is 1. The predicted molar refractivity (Wildman–Crippen MR) is 73.7 cm³/mol. The Hall–Kier alpha value is -2.21. The molecule has 2 rings (SSSR count). The number of carbonyl (C=O) groups is 2. The number of nitrogens with one attached hydrogen (secondary N) is 1. The summed E-state index contributed by atoms with van der Waals surface area (Å²) in [6.07, 6.45) is 2.84. The zero-order valence-electron chi connectivity index (χ0n) is 10.5. The maximum absolute atomic E-state index is 11.4. The molecule has 0 unspecified atom stereocenters. The average molecular weight is 297 g/mol. The van der Waals surface area contributed by atoms with Crippen molar-refractivity contribution in [1.82, 2.24) is 5.32 Å². The minimum atomic E-state index is -0.603. The van der Waals surface area contributed by atoms with Crippen molar-refractivity contribution in [3.8, 4) is 11.5 Å². The first-order valence-corrected chi connectivity index (χ1v) is 6.27. The number of nitrogens with two attached hydrogens (primary N) is 1. The summed E-state index contributed by atoms with van der Waals surface area (Å²) in [5.41, 5.74) is 5.61. The number of hydrogen-bond acceptors (Lipinski definition) is 4. The third-order valence-corrected chi connectivity index (χ3v) is 2.76. The molecule has 0 spiro atoms. The summed E-state index contributed by atoms with van der Waals surface area (Å²) in [4.78, 5) is 21.9. The number of ether oxygens (including phenoxy) is 2. The summed E-state index contributed by atoms with van der Waals surface area (Å²) in [5, 5.41) is 2.76. The summed E-state index contributed by atoms with van der Waals surface area (Å²) >= 11 is 6.06. The number of carbonyl (C=O) groups excluding carboxylic acids is 2. The molecule has 1 aromatic rings. The van der Waals surface area contributed by atoms with Gasteiger partial charge in [0.15, 0.2) is 11.5 Å². The van der Waals surface area contributed by atoms with Crippen molar-refractivity contribution >= 4 is 29.5 Å². The van der Waals surface area contributed by atoms with Gasteiger partial charge in [-0.25, -0.2) is 0 Å². The topological polar surface area (TPSA) is 90.7 Å². The fourth-order valence-corrected chi connectivity index (χ4v) is 1.91. The standard InChI is InChI=1S/C13H13ClN2O4/c14-9-5-8(1-2-12(18)16-7-11(15)17)6-10-13(9)20-4-3-19-10/h1-2,5-6H,3-4,7H2,(H2,15,17)(H,16,18)/b2-1+. The lowest BCUT2D eigenvalue weighted by Crippen LogP contribution is -2.32. The molecule has 3 N–H and O–H groups in total. The Morgan fingerprint density at radius 3 is 2.85 bits per heavy atom. The van der Waals surface area contributed by atoms with Crippen molar-refractivity contribution in [2.75, 3.05) is 19.8 Å². The van der Waals surface area contributed by atoms with Crippen molar-refractivity contribution in [3.63, 3.8) is 0 Å². The third kappa shape index (κ3) is 3.64. The third-order valence-electron chi connectivity index (χ3n) is 2.48. The molecule has 1 aliphatic heterocycles. The van der Waals surface area contributed by atoms with E-state index in [1.54, 1.807) is 18.2 Å². The molecule has 0 fully saturated rings. The molecule has 0 saturated heterocycles. The zero-order valence-corrected chi connectivity index (χ0v) is 11.3. The Kier molecular flexibility index (Phi) is 4.47. The van der Waals surface area contributed by atoms with Crippen LogP contribution in [0.2, 0.25) is 5.02 Å². The van der Waals surface area contributed by atoms with E-state index < -0.39 is 11.8 Å². The van der Waals surface area contributed by atoms with E-state index in [1.165, 1.54) is 6.08 Å². The summed E-state index contributed by atoms with van der Waals surface area (Å²) < 4.78 is 10.8. The van der Waals surface area contributed by atoms with Crippen LogP contribution < -0.4 is 20.5 Å². The molecular weight excluding hydrogens is 284 g/mol. The number of fused-ring (bicyclic) bond motifs is 1. The van der Waals surface area contributed by atoms with E-state index in [4.69, 9.17) is 26.8 Å². The fraction of sp³-hybridized carbons (Fsp3) is 0.231. The van der Waals surface area contributed by atoms with E-state index in [1.807, 2.05) is 0 Å². The van der Waals surface area contributed by atoms with Gasteiger partial charge in [-0.15, -0.1) is 0 Å². The minimum Gasteiger partial charge on any atom is -0.486 e. The van der Waals surface area contributed by atoms with Gasteiger partial charge in [-0.1, -0.05) is 11.6 Å². The lowest BCUT2D eigenvalue weighted by molar-refractivity contribution is -0.122. The highest BCUT2D eigenvalue weighted by Gasteiger charge is 2.15. The van der Waals surface area contributed by atoms with Crippen molar-refractivity contribution in [3.05, 3.63) is 28.8 Å². The van der Waals surface area contributed by atoms with Crippen LogP contribution in [0.1, 0.15) is 5.56 Å². The highest BCUT2D eigenvalue weighted by atomic mass is 35.5. The van der Waals surface area contributed by atoms with Gasteiger partial charge in [-0.3, -0.25) is 9.59 Å². The van der Waals surface area contributed by atoms with Crippen molar-refractivity contribution in [2.45, 2.75) is 0 Å². The van der Waals surface area contributed by atoms with Crippen LogP contribution in [0.25, 0.3) is 6.08 Å². The second kappa shape index (κ2) is 6.29. The molecule has 0 saturated carbocycles. The number of benzene rings is 1. The first-order chi connectivity index (χ1) is 9.56. The monoisotopic (exact) mass is 296 g/mol. The molecule has 0 aliphatic carbocycles. The van der Waals surface area contributed by atoms with Crippen LogP contribution in [-0.2, 0) is 9.59 Å². The van der Waals surface area contributed by atoms with Crippen LogP contribution in [0.15, 0.2) is 18.2 Å². The van der Waals surface area contributed by atoms with Gasteiger partial charge in [0, 0.05) is 6.08 Å². The SMILES string of the molecule is NC(=O)CNC(=O)/C=C/c1cc(Cl)c2c(c1)OCCO2. The van der Waals surface area contributed by atoms with Crippen molar-refractivity contribution < 1.29 is 19.1 Å². The number of halogens is 1. The van der Waals surface area contributed by atoms with E-state index in [9.17, 15) is 9.59 Å². The summed E-state index contributed by atoms with van der Waals surface area (Å²) in [7, 11) is 0. The number of amides is 2. The first kappa shape index (κ1) is 14.2. The smallest absolute Gasteiger partial charge is 0.244 e. The van der Waals surface area contributed by atoms with Gasteiger partial charge >= 0.3 is 0 Å². The summed E-state index contributed by atoms with van der Waals surface area (Å²) in [5.74, 6) is 0.0260. The normalized spacial score (nSPS) is 13.2. The Balaban J connectivity index is 2.08. The molecule has 2 amide bonds. The molecule has 0 radical (unpaired) electrons. The molecule has 1 heterocycles. The van der Waals surface area contributed by atoms with E-state index in [-0.39, 0.29) is 6.54 Å². The van der Waals surface area contributed by atoms with Crippen molar-refractivity contribution in [2.24, 2.45) is 5.73 Å². The highest BCUT2D eigenvalue weighted by Crippen LogP contribution is 2.38. The second-order valence-electron chi connectivity index (χ2n) is 4.04. The maximum atomic E-state index is 11.4. The predicted octanol–water partition coefficient (Wildman–Crippen LogP) is 0.726. The Bertz CT molecular complexity index is 572. The Morgan fingerprint density at radius 2 is 2.10 bits per heavy atom. The van der Waals surface area contributed by atoms with Gasteiger partial charge in [-0.2, -0.15) is 0 Å². The largest absolute Gasteiger partial charge is 0.486 e. The van der Waals surface area contributed by atoms with Gasteiger partial charge in [0.05, 0.1) is 11.6 Å². The van der Waals surface area contributed by atoms with Gasteiger partial charge in [0.2, 0.25) is 11.8 Å². The second-order valence-corrected chi connectivity index (χ2v) is 4.45. The molecule has 0 aromatic heterocycles. The lowest BCUT2D eigenvalue weighted by atomic mass is 10.1. The van der Waals surface area contributed by atoms with E-state index >= 15 is 0 Å². The van der Waals surface area contributed by atoms with Gasteiger partial charge in [-0.05, 0) is 23.8 Å². The lowest BCUT2D eigenvalue weighted by Gasteiger charge is -2.19. The first-order valence-electron chi connectivity index (χ1n) is 5.89. The summed E-state index contributed by atoms with van der Waals surface area (Å²) in [6, 6.07) is 3.38. The average Bonchev–Trinajstić information content (AvgIpc) is 2.43. The van der Waals surface area contributed by atoms with E-state index in [0.29, 0.717) is 35.3 Å². The van der Waals surface area contributed by atoms with Crippen LogP contribution in [0, 0.1) is 0 Å². The molecule has 6 nitrogen and oxygen atoms in total. The zero-order chi connectivity index (χ0) is 14.5. The van der Waals surface area contributed by atoms with E-state index in [2.05, 4.69) is 5.32 Å². The van der Waals surface area contributed by atoms with Crippen LogP contribution >= 0.6 is 11.6 Å². The quantitative estimate of drug-likeness (QED) is 0.801. The fourth-order valence-electron chi connectivity index (χ4n) is 1.63. The highest BCUT2D eigenvalue weighted by molar-refractivity contribution is 6.32. The molecule has 106 valence electrons.